The summed E-state index contributed by atoms with van der Waals surface area (Å²) in [5, 5.41) is 14.3. The SMILES string of the molecule is CNC(CC(=O)N=CN)c1cc(-c2ccc(C)c(C#N)c2)cs1. The van der Waals surface area contributed by atoms with E-state index < -0.39 is 0 Å². The molecule has 2 rings (SSSR count). The molecule has 6 heteroatoms. The monoisotopic (exact) mass is 326 g/mol. The predicted octanol–water partition coefficient (Wildman–Crippen LogP) is 2.76. The molecule has 0 fully saturated rings. The van der Waals surface area contributed by atoms with Crippen molar-refractivity contribution in [3.05, 3.63) is 45.6 Å². The highest BCUT2D eigenvalue weighted by Gasteiger charge is 2.16. The molecule has 0 bridgehead atoms. The second-order valence-electron chi connectivity index (χ2n) is 5.10. The third-order valence-corrected chi connectivity index (χ3v) is 4.65. The number of rotatable bonds is 5. The minimum Gasteiger partial charge on any atom is -0.390 e. The van der Waals surface area contributed by atoms with Crippen molar-refractivity contribution in [1.29, 1.82) is 5.26 Å². The molecular weight excluding hydrogens is 308 g/mol. The van der Waals surface area contributed by atoms with E-state index in [-0.39, 0.29) is 18.4 Å². The number of thiophene rings is 1. The second kappa shape index (κ2) is 7.68. The number of nitrogens with one attached hydrogen (secondary N) is 1. The zero-order chi connectivity index (χ0) is 16.8. The van der Waals surface area contributed by atoms with Crippen LogP contribution in [0.25, 0.3) is 11.1 Å². The summed E-state index contributed by atoms with van der Waals surface area (Å²) in [5.41, 5.74) is 8.82. The first-order chi connectivity index (χ1) is 11.1. The van der Waals surface area contributed by atoms with E-state index in [4.69, 9.17) is 11.0 Å². The average Bonchev–Trinajstić information content (AvgIpc) is 3.03. The maximum absolute atomic E-state index is 11.6. The molecule has 0 saturated carbocycles. The van der Waals surface area contributed by atoms with Crippen LogP contribution >= 0.6 is 11.3 Å². The van der Waals surface area contributed by atoms with Crippen molar-refractivity contribution in [2.45, 2.75) is 19.4 Å². The molecule has 1 atom stereocenters. The third-order valence-electron chi connectivity index (χ3n) is 3.60. The van der Waals surface area contributed by atoms with E-state index in [1.165, 1.54) is 0 Å². The van der Waals surface area contributed by atoms with Crippen molar-refractivity contribution in [2.75, 3.05) is 7.05 Å². The standard InChI is InChI=1S/C17H18N4OS/c1-11-3-4-12(5-13(11)8-18)14-6-16(23-9-14)15(20-2)7-17(22)21-10-19/h3-6,9-10,15,20H,7H2,1-2H3,(H2,19,21,22). The van der Waals surface area contributed by atoms with Gasteiger partial charge in [-0.1, -0.05) is 12.1 Å². The van der Waals surface area contributed by atoms with E-state index in [1.54, 1.807) is 11.3 Å². The van der Waals surface area contributed by atoms with Gasteiger partial charge in [0, 0.05) is 11.3 Å². The summed E-state index contributed by atoms with van der Waals surface area (Å²) < 4.78 is 0. The molecule has 0 saturated heterocycles. The van der Waals surface area contributed by atoms with Gasteiger partial charge in [-0.05, 0) is 48.2 Å². The molecule has 1 aromatic carbocycles. The highest BCUT2D eigenvalue weighted by Crippen LogP contribution is 2.31. The molecule has 1 amide bonds. The normalized spacial score (nSPS) is 12.2. The topological polar surface area (TPSA) is 91.3 Å². The maximum Gasteiger partial charge on any atom is 0.248 e. The fourth-order valence-corrected chi connectivity index (χ4v) is 3.29. The predicted molar refractivity (Wildman–Crippen MR) is 93.3 cm³/mol. The molecule has 2 aromatic rings. The van der Waals surface area contributed by atoms with Crippen LogP contribution in [0.2, 0.25) is 0 Å². The molecular formula is C17H18N4OS. The van der Waals surface area contributed by atoms with Crippen LogP contribution in [0, 0.1) is 18.3 Å². The van der Waals surface area contributed by atoms with Gasteiger partial charge < -0.3 is 11.1 Å². The van der Waals surface area contributed by atoms with Crippen LogP contribution in [0.3, 0.4) is 0 Å². The van der Waals surface area contributed by atoms with Crippen molar-refractivity contribution in [1.82, 2.24) is 5.32 Å². The fourth-order valence-electron chi connectivity index (χ4n) is 2.26. The van der Waals surface area contributed by atoms with Gasteiger partial charge in [-0.3, -0.25) is 4.79 Å². The van der Waals surface area contributed by atoms with Gasteiger partial charge in [-0.2, -0.15) is 5.26 Å². The molecule has 3 N–H and O–H groups in total. The van der Waals surface area contributed by atoms with Crippen LogP contribution < -0.4 is 11.1 Å². The van der Waals surface area contributed by atoms with E-state index in [9.17, 15) is 4.79 Å². The number of hydrogen-bond donors (Lipinski definition) is 2. The molecule has 118 valence electrons. The quantitative estimate of drug-likeness (QED) is 0.653. The summed E-state index contributed by atoms with van der Waals surface area (Å²) in [6.07, 6.45) is 1.27. The lowest BCUT2D eigenvalue weighted by Crippen LogP contribution is -2.18. The minimum atomic E-state index is -0.260. The molecule has 1 aromatic heterocycles. The van der Waals surface area contributed by atoms with E-state index in [2.05, 4.69) is 16.4 Å². The Morgan fingerprint density at radius 3 is 2.91 bits per heavy atom. The highest BCUT2D eigenvalue weighted by molar-refractivity contribution is 7.10. The van der Waals surface area contributed by atoms with E-state index in [1.807, 2.05) is 43.6 Å². The molecule has 23 heavy (non-hydrogen) atoms. The second-order valence-corrected chi connectivity index (χ2v) is 6.04. The Hall–Kier alpha value is -2.49. The molecule has 0 aliphatic carbocycles. The van der Waals surface area contributed by atoms with Gasteiger partial charge >= 0.3 is 0 Å². The van der Waals surface area contributed by atoms with Gasteiger partial charge in [0.15, 0.2) is 0 Å². The molecule has 5 nitrogen and oxygen atoms in total. The van der Waals surface area contributed by atoms with Crippen LogP contribution in [0.5, 0.6) is 0 Å². The van der Waals surface area contributed by atoms with Gasteiger partial charge in [0.1, 0.15) is 0 Å². The van der Waals surface area contributed by atoms with Crippen molar-refractivity contribution < 1.29 is 4.79 Å². The number of aliphatic imine (C=N–C) groups is 1. The summed E-state index contributed by atoms with van der Waals surface area (Å²) >= 11 is 1.57. The lowest BCUT2D eigenvalue weighted by molar-refractivity contribution is -0.118. The highest BCUT2D eigenvalue weighted by atomic mass is 32.1. The van der Waals surface area contributed by atoms with E-state index in [0.717, 1.165) is 27.9 Å². The number of nitrogens with two attached hydrogens (primary N) is 1. The molecule has 0 aliphatic heterocycles. The number of carbonyl (C=O) groups is 1. The molecule has 0 aliphatic rings. The first-order valence-corrected chi connectivity index (χ1v) is 8.01. The van der Waals surface area contributed by atoms with Crippen molar-refractivity contribution in [2.24, 2.45) is 10.7 Å². The Bertz CT molecular complexity index is 773. The van der Waals surface area contributed by atoms with E-state index in [0.29, 0.717) is 5.56 Å². The molecule has 0 radical (unpaired) electrons. The summed E-state index contributed by atoms with van der Waals surface area (Å²) in [6, 6.07) is 9.97. The Kier molecular flexibility index (Phi) is 5.63. The van der Waals surface area contributed by atoms with Crippen molar-refractivity contribution >= 4 is 23.6 Å². The Labute approximate surface area is 139 Å². The van der Waals surface area contributed by atoms with Crippen LogP contribution in [0.1, 0.15) is 28.5 Å². The molecule has 1 heterocycles. The van der Waals surface area contributed by atoms with Gasteiger partial charge in [0.05, 0.1) is 24.0 Å². The lowest BCUT2D eigenvalue weighted by Gasteiger charge is -2.11. The number of nitriles is 1. The lowest BCUT2D eigenvalue weighted by atomic mass is 10.0. The number of aryl methyl sites for hydroxylation is 1. The Morgan fingerprint density at radius 2 is 2.26 bits per heavy atom. The summed E-state index contributed by atoms with van der Waals surface area (Å²) in [4.78, 5) is 16.3. The van der Waals surface area contributed by atoms with Crippen molar-refractivity contribution in [3.8, 4) is 17.2 Å². The van der Waals surface area contributed by atoms with Gasteiger partial charge in [0.25, 0.3) is 0 Å². The van der Waals surface area contributed by atoms with Crippen LogP contribution in [-0.2, 0) is 4.79 Å². The van der Waals surface area contributed by atoms with Crippen LogP contribution in [0.15, 0.2) is 34.6 Å². The summed E-state index contributed by atoms with van der Waals surface area (Å²) in [7, 11) is 1.81. The smallest absolute Gasteiger partial charge is 0.248 e. The van der Waals surface area contributed by atoms with Crippen LogP contribution in [0.4, 0.5) is 0 Å². The number of hydrogen-bond acceptors (Lipinski definition) is 4. The van der Waals surface area contributed by atoms with Gasteiger partial charge in [0.2, 0.25) is 5.91 Å². The summed E-state index contributed by atoms with van der Waals surface area (Å²) in [6.45, 7) is 1.92. The first kappa shape index (κ1) is 16.9. The molecule has 0 spiro atoms. The fraction of sp³-hybridized carbons (Fsp3) is 0.235. The van der Waals surface area contributed by atoms with E-state index >= 15 is 0 Å². The number of carbonyl (C=O) groups excluding carboxylic acids is 1. The average molecular weight is 326 g/mol. The summed E-state index contributed by atoms with van der Waals surface area (Å²) in [5.74, 6) is -0.260. The largest absolute Gasteiger partial charge is 0.390 e. The number of amides is 1. The first-order valence-electron chi connectivity index (χ1n) is 7.13. The minimum absolute atomic E-state index is 0.106. The molecule has 1 unspecified atom stereocenters. The zero-order valence-electron chi connectivity index (χ0n) is 13.0. The van der Waals surface area contributed by atoms with Gasteiger partial charge in [-0.15, -0.1) is 11.3 Å². The van der Waals surface area contributed by atoms with Gasteiger partial charge in [-0.25, -0.2) is 4.99 Å². The number of nitrogens with zero attached hydrogens (tertiary/aromatic N) is 2. The Balaban J connectivity index is 2.25. The maximum atomic E-state index is 11.6. The Morgan fingerprint density at radius 1 is 1.48 bits per heavy atom. The van der Waals surface area contributed by atoms with Crippen LogP contribution in [-0.4, -0.2) is 19.3 Å². The zero-order valence-corrected chi connectivity index (χ0v) is 13.9. The van der Waals surface area contributed by atoms with Crippen molar-refractivity contribution in [3.63, 3.8) is 0 Å². The number of benzene rings is 1. The third kappa shape index (κ3) is 4.03.